The number of rotatable bonds is 3. The fourth-order valence-electron chi connectivity index (χ4n) is 4.09. The van der Waals surface area contributed by atoms with Crippen molar-refractivity contribution in [1.82, 2.24) is 5.32 Å². The predicted molar refractivity (Wildman–Crippen MR) is 112 cm³/mol. The molecule has 1 saturated heterocycles. The van der Waals surface area contributed by atoms with Crippen LogP contribution in [0.5, 0.6) is 5.75 Å². The largest absolute Gasteiger partial charge is 0.479 e. The quantitative estimate of drug-likeness (QED) is 0.744. The van der Waals surface area contributed by atoms with Gasteiger partial charge in [0.2, 0.25) is 0 Å². The molecule has 2 heterocycles. The first-order chi connectivity index (χ1) is 14.2. The Morgan fingerprint density at radius 3 is 2.55 bits per heavy atom. The van der Waals surface area contributed by atoms with Gasteiger partial charge in [-0.1, -0.05) is 36.4 Å². The zero-order valence-corrected chi connectivity index (χ0v) is 16.0. The second kappa shape index (κ2) is 7.37. The van der Waals surface area contributed by atoms with Gasteiger partial charge in [-0.2, -0.15) is 0 Å². The molecule has 6 heteroatoms. The zero-order chi connectivity index (χ0) is 19.8. The summed E-state index contributed by atoms with van der Waals surface area (Å²) >= 11 is 0. The molecule has 1 N–H and O–H groups in total. The van der Waals surface area contributed by atoms with Gasteiger partial charge in [-0.3, -0.25) is 4.79 Å². The lowest BCUT2D eigenvalue weighted by molar-refractivity contribution is -0.121. The lowest BCUT2D eigenvalue weighted by Crippen LogP contribution is -2.44. The van der Waals surface area contributed by atoms with Gasteiger partial charge in [0.15, 0.2) is 12.4 Å². The molecule has 2 aliphatic heterocycles. The fraction of sp³-hybridized carbons (Fsp3) is 0.261. The van der Waals surface area contributed by atoms with Gasteiger partial charge in [0.1, 0.15) is 5.82 Å². The third kappa shape index (κ3) is 3.40. The fourth-order valence-corrected chi connectivity index (χ4v) is 4.09. The molecule has 0 spiro atoms. The Labute approximate surface area is 168 Å². The summed E-state index contributed by atoms with van der Waals surface area (Å²) in [5.74, 6) is 0.0651. The smallest absolute Gasteiger partial charge is 0.265 e. The van der Waals surface area contributed by atoms with Gasteiger partial charge >= 0.3 is 0 Å². The van der Waals surface area contributed by atoms with Crippen molar-refractivity contribution < 1.29 is 13.9 Å². The second-order valence-corrected chi connectivity index (χ2v) is 7.46. The molecule has 148 valence electrons. The zero-order valence-electron chi connectivity index (χ0n) is 16.0. The van der Waals surface area contributed by atoms with Crippen LogP contribution in [-0.4, -0.2) is 38.7 Å². The summed E-state index contributed by atoms with van der Waals surface area (Å²) in [6, 6.07) is 17.2. The monoisotopic (exact) mass is 391 g/mol. The number of fused-ring (bicyclic) bond motifs is 2. The summed E-state index contributed by atoms with van der Waals surface area (Å²) < 4.78 is 20.3. The SMILES string of the molecule is O=C1COc2c(N3CCNCC3)cc(F)cc2N1Cc1ccc2ccccc2c1. The number of nitrogens with one attached hydrogen (secondary N) is 1. The molecule has 5 rings (SSSR count). The van der Waals surface area contributed by atoms with Crippen LogP contribution < -0.4 is 19.9 Å². The molecule has 1 amide bonds. The summed E-state index contributed by atoms with van der Waals surface area (Å²) in [6.45, 7) is 3.57. The van der Waals surface area contributed by atoms with Crippen molar-refractivity contribution >= 4 is 28.1 Å². The number of piperazine rings is 1. The van der Waals surface area contributed by atoms with E-state index in [2.05, 4.69) is 28.4 Å². The predicted octanol–water partition coefficient (Wildman–Crippen LogP) is 3.31. The van der Waals surface area contributed by atoms with Crippen molar-refractivity contribution in [3.8, 4) is 5.75 Å². The molecule has 0 saturated carbocycles. The van der Waals surface area contributed by atoms with Gasteiger partial charge in [0, 0.05) is 38.3 Å². The molecule has 3 aromatic rings. The maximum Gasteiger partial charge on any atom is 0.265 e. The van der Waals surface area contributed by atoms with Gasteiger partial charge in [-0.15, -0.1) is 0 Å². The minimum atomic E-state index is -0.362. The van der Waals surface area contributed by atoms with E-state index in [1.54, 1.807) is 4.90 Å². The molecule has 0 aliphatic carbocycles. The first-order valence-electron chi connectivity index (χ1n) is 9.89. The summed E-state index contributed by atoms with van der Waals surface area (Å²) in [5.41, 5.74) is 2.22. The molecule has 0 aromatic heterocycles. The van der Waals surface area contributed by atoms with Gasteiger partial charge in [-0.25, -0.2) is 4.39 Å². The Morgan fingerprint density at radius 2 is 1.72 bits per heavy atom. The van der Waals surface area contributed by atoms with E-state index in [0.717, 1.165) is 48.2 Å². The minimum absolute atomic E-state index is 0.0364. The number of nitrogens with zero attached hydrogens (tertiary/aromatic N) is 2. The van der Waals surface area contributed by atoms with E-state index in [4.69, 9.17) is 4.74 Å². The van der Waals surface area contributed by atoms with Crippen LogP contribution in [0.4, 0.5) is 15.8 Å². The lowest BCUT2D eigenvalue weighted by atomic mass is 10.1. The van der Waals surface area contributed by atoms with E-state index in [1.165, 1.54) is 12.1 Å². The normalized spacial score (nSPS) is 16.7. The topological polar surface area (TPSA) is 44.8 Å². The highest BCUT2D eigenvalue weighted by atomic mass is 19.1. The molecule has 0 radical (unpaired) electrons. The number of carbonyl (C=O) groups is 1. The van der Waals surface area contributed by atoms with Crippen LogP contribution in [0.3, 0.4) is 0 Å². The number of benzene rings is 3. The Hall–Kier alpha value is -3.12. The van der Waals surface area contributed by atoms with Crippen LogP contribution in [0.25, 0.3) is 10.8 Å². The molecular formula is C23H22FN3O2. The number of halogens is 1. The highest BCUT2D eigenvalue weighted by Gasteiger charge is 2.30. The Balaban J connectivity index is 1.52. The molecule has 5 nitrogen and oxygen atoms in total. The molecular weight excluding hydrogens is 369 g/mol. The van der Waals surface area contributed by atoms with Crippen LogP contribution in [0.15, 0.2) is 54.6 Å². The number of hydrogen-bond acceptors (Lipinski definition) is 4. The van der Waals surface area contributed by atoms with E-state index in [9.17, 15) is 9.18 Å². The van der Waals surface area contributed by atoms with Crippen LogP contribution in [0.1, 0.15) is 5.56 Å². The second-order valence-electron chi connectivity index (χ2n) is 7.46. The van der Waals surface area contributed by atoms with Crippen molar-refractivity contribution in [3.63, 3.8) is 0 Å². The Kier molecular flexibility index (Phi) is 4.56. The average molecular weight is 391 g/mol. The third-order valence-corrected chi connectivity index (χ3v) is 5.56. The van der Waals surface area contributed by atoms with Gasteiger partial charge in [0.05, 0.1) is 17.9 Å². The molecule has 29 heavy (non-hydrogen) atoms. The van der Waals surface area contributed by atoms with E-state index >= 15 is 0 Å². The first-order valence-corrected chi connectivity index (χ1v) is 9.89. The number of anilines is 2. The average Bonchev–Trinajstić information content (AvgIpc) is 2.76. The van der Waals surface area contributed by atoms with Crippen LogP contribution in [-0.2, 0) is 11.3 Å². The van der Waals surface area contributed by atoms with E-state index in [-0.39, 0.29) is 18.3 Å². The number of carbonyl (C=O) groups excluding carboxylic acids is 1. The molecule has 0 atom stereocenters. The number of ether oxygens (including phenoxy) is 1. The van der Waals surface area contributed by atoms with Gasteiger partial charge in [0.25, 0.3) is 5.91 Å². The van der Waals surface area contributed by atoms with Crippen molar-refractivity contribution in [2.45, 2.75) is 6.54 Å². The van der Waals surface area contributed by atoms with E-state index < -0.39 is 0 Å². The molecule has 1 fully saturated rings. The maximum absolute atomic E-state index is 14.5. The summed E-state index contributed by atoms with van der Waals surface area (Å²) in [5, 5.41) is 5.57. The molecule has 2 aliphatic rings. The molecule has 0 unspecified atom stereocenters. The van der Waals surface area contributed by atoms with Crippen molar-refractivity contribution in [2.24, 2.45) is 0 Å². The molecule has 3 aromatic carbocycles. The van der Waals surface area contributed by atoms with Crippen LogP contribution in [0.2, 0.25) is 0 Å². The van der Waals surface area contributed by atoms with Crippen molar-refractivity contribution in [2.75, 3.05) is 42.6 Å². The highest BCUT2D eigenvalue weighted by molar-refractivity contribution is 5.99. The van der Waals surface area contributed by atoms with Crippen LogP contribution >= 0.6 is 0 Å². The van der Waals surface area contributed by atoms with Gasteiger partial charge in [-0.05, 0) is 22.4 Å². The van der Waals surface area contributed by atoms with Crippen molar-refractivity contribution in [3.05, 3.63) is 66.0 Å². The maximum atomic E-state index is 14.5. The lowest BCUT2D eigenvalue weighted by Gasteiger charge is -2.35. The van der Waals surface area contributed by atoms with Gasteiger partial charge < -0.3 is 19.9 Å². The highest BCUT2D eigenvalue weighted by Crippen LogP contribution is 2.42. The summed E-state index contributed by atoms with van der Waals surface area (Å²) in [7, 11) is 0. The van der Waals surface area contributed by atoms with E-state index in [0.29, 0.717) is 18.0 Å². The number of hydrogen-bond donors (Lipinski definition) is 1. The molecule has 0 bridgehead atoms. The van der Waals surface area contributed by atoms with Crippen LogP contribution in [0, 0.1) is 5.82 Å². The number of amides is 1. The Morgan fingerprint density at radius 1 is 0.966 bits per heavy atom. The van der Waals surface area contributed by atoms with E-state index in [1.807, 2.05) is 24.3 Å². The standard InChI is InChI=1S/C23H22FN3O2/c24-19-12-20(26-9-7-25-8-10-26)23-21(13-19)27(22(28)15-29-23)14-16-5-6-17-3-1-2-4-18(17)11-16/h1-6,11-13,25H,7-10,14-15H2. The summed E-state index contributed by atoms with van der Waals surface area (Å²) in [6.07, 6.45) is 0. The minimum Gasteiger partial charge on any atom is -0.479 e. The van der Waals surface area contributed by atoms with Crippen molar-refractivity contribution in [1.29, 1.82) is 0 Å². The Bertz CT molecular complexity index is 1080. The summed E-state index contributed by atoms with van der Waals surface area (Å²) in [4.78, 5) is 16.4. The first kappa shape index (κ1) is 17.9. The third-order valence-electron chi connectivity index (χ3n) is 5.56.